The summed E-state index contributed by atoms with van der Waals surface area (Å²) in [6, 6.07) is 25.7. The number of hydrogen-bond acceptors (Lipinski definition) is 4. The van der Waals surface area contributed by atoms with Gasteiger partial charge in [-0.15, -0.1) is 0 Å². The number of aromatic nitrogens is 1. The minimum Gasteiger partial charge on any atom is -0.327 e. The molecule has 1 aromatic heterocycles. The van der Waals surface area contributed by atoms with Gasteiger partial charge in [0.25, 0.3) is 5.69 Å². The van der Waals surface area contributed by atoms with E-state index in [1.165, 1.54) is 18.2 Å². The summed E-state index contributed by atoms with van der Waals surface area (Å²) in [6.07, 6.45) is 6.79. The number of nitrogens with zero attached hydrogens (tertiary/aromatic N) is 4. The van der Waals surface area contributed by atoms with Gasteiger partial charge in [0.2, 0.25) is 11.8 Å². The summed E-state index contributed by atoms with van der Waals surface area (Å²) in [7, 11) is 0. The molecule has 0 bridgehead atoms. The smallest absolute Gasteiger partial charge is 0.269 e. The van der Waals surface area contributed by atoms with Gasteiger partial charge in [-0.25, -0.2) is 0 Å². The highest BCUT2D eigenvalue weighted by Gasteiger charge is 2.39. The fraction of sp³-hybridized carbons (Fsp3) is 0.188. The van der Waals surface area contributed by atoms with Crippen LogP contribution in [0.25, 0.3) is 11.8 Å². The van der Waals surface area contributed by atoms with Gasteiger partial charge >= 0.3 is 0 Å². The fourth-order valence-corrected chi connectivity index (χ4v) is 5.38. The van der Waals surface area contributed by atoms with Crippen LogP contribution in [-0.2, 0) is 9.59 Å². The normalized spacial score (nSPS) is 15.9. The number of rotatable bonds is 7. The first-order valence-electron chi connectivity index (χ1n) is 13.3. The molecule has 1 aliphatic carbocycles. The Hall–Kier alpha value is -4.98. The van der Waals surface area contributed by atoms with E-state index in [-0.39, 0.29) is 36.1 Å². The van der Waals surface area contributed by atoms with Crippen molar-refractivity contribution in [1.82, 2.24) is 9.47 Å². The number of carbonyl (C=O) groups is 2. The van der Waals surface area contributed by atoms with Gasteiger partial charge in [-0.3, -0.25) is 24.6 Å². The third kappa shape index (κ3) is 4.80. The molecule has 2 heterocycles. The summed E-state index contributed by atoms with van der Waals surface area (Å²) in [5, 5.41) is 10.9. The molecule has 1 unspecified atom stereocenters. The van der Waals surface area contributed by atoms with Crippen LogP contribution in [0.15, 0.2) is 97.2 Å². The molecule has 40 heavy (non-hydrogen) atoms. The standard InChI is InChI=1S/C32H28N4O4/c1-22-6-4-7-24(20-22)32-29-10-5-19-33(29)27-8-2-3-9-28(27)35(32)31(38)21-34(25-16-17-25)30(37)18-13-23-11-14-26(15-12-23)36(39)40/h2-15,18-20,25,32H,16-17,21H2,1H3/b18-13+. The van der Waals surface area contributed by atoms with E-state index in [1.807, 2.05) is 72.6 Å². The molecule has 2 aliphatic rings. The Balaban J connectivity index is 1.31. The number of carbonyl (C=O) groups excluding carboxylic acids is 2. The summed E-state index contributed by atoms with van der Waals surface area (Å²) in [4.78, 5) is 41.5. The number of fused-ring (bicyclic) bond motifs is 3. The molecular weight excluding hydrogens is 504 g/mol. The summed E-state index contributed by atoms with van der Waals surface area (Å²) in [5.74, 6) is -0.412. The van der Waals surface area contributed by atoms with Crippen LogP contribution in [0.3, 0.4) is 0 Å². The van der Waals surface area contributed by atoms with Crippen LogP contribution in [0.5, 0.6) is 0 Å². The topological polar surface area (TPSA) is 88.7 Å². The number of aryl methyl sites for hydroxylation is 1. The largest absolute Gasteiger partial charge is 0.327 e. The van der Waals surface area contributed by atoms with Crippen LogP contribution in [0.1, 0.15) is 41.3 Å². The Morgan fingerprint density at radius 1 is 0.975 bits per heavy atom. The number of para-hydroxylation sites is 2. The molecule has 8 nitrogen and oxygen atoms in total. The number of hydrogen-bond donors (Lipinski definition) is 0. The second-order valence-electron chi connectivity index (χ2n) is 10.3. The van der Waals surface area contributed by atoms with Gasteiger partial charge in [0.15, 0.2) is 0 Å². The predicted octanol–water partition coefficient (Wildman–Crippen LogP) is 5.83. The van der Waals surface area contributed by atoms with Crippen LogP contribution < -0.4 is 4.90 Å². The lowest BCUT2D eigenvalue weighted by molar-refractivity contribution is -0.384. The average molecular weight is 533 g/mol. The van der Waals surface area contributed by atoms with Gasteiger partial charge in [-0.2, -0.15) is 0 Å². The van der Waals surface area contributed by atoms with E-state index in [9.17, 15) is 19.7 Å². The van der Waals surface area contributed by atoms with E-state index in [1.54, 1.807) is 23.1 Å². The molecule has 1 saturated carbocycles. The molecule has 4 aromatic rings. The molecule has 1 fully saturated rings. The van der Waals surface area contributed by atoms with Gasteiger partial charge in [0, 0.05) is 30.4 Å². The molecule has 0 spiro atoms. The zero-order valence-electron chi connectivity index (χ0n) is 22.0. The lowest BCUT2D eigenvalue weighted by Gasteiger charge is -2.39. The summed E-state index contributed by atoms with van der Waals surface area (Å²) in [6.45, 7) is 1.99. The molecule has 6 rings (SSSR count). The fourth-order valence-electron chi connectivity index (χ4n) is 5.38. The number of nitro groups is 1. The van der Waals surface area contributed by atoms with E-state index < -0.39 is 4.92 Å². The quantitative estimate of drug-likeness (QED) is 0.170. The Labute approximate surface area is 231 Å². The monoisotopic (exact) mass is 532 g/mol. The third-order valence-electron chi connectivity index (χ3n) is 7.44. The van der Waals surface area contributed by atoms with Gasteiger partial charge in [0.1, 0.15) is 12.6 Å². The van der Waals surface area contributed by atoms with E-state index in [4.69, 9.17) is 0 Å². The van der Waals surface area contributed by atoms with Crippen molar-refractivity contribution >= 4 is 29.3 Å². The molecule has 3 aromatic carbocycles. The second-order valence-corrected chi connectivity index (χ2v) is 10.3. The zero-order valence-corrected chi connectivity index (χ0v) is 22.0. The van der Waals surface area contributed by atoms with Crippen molar-refractivity contribution in [3.63, 3.8) is 0 Å². The Bertz CT molecular complexity index is 1630. The van der Waals surface area contributed by atoms with Gasteiger partial charge in [-0.1, -0.05) is 42.0 Å². The Morgan fingerprint density at radius 3 is 2.42 bits per heavy atom. The lowest BCUT2D eigenvalue weighted by atomic mass is 9.96. The molecule has 8 heteroatoms. The van der Waals surface area contributed by atoms with Crippen molar-refractivity contribution < 1.29 is 14.5 Å². The van der Waals surface area contributed by atoms with Gasteiger partial charge < -0.3 is 9.47 Å². The van der Waals surface area contributed by atoms with E-state index in [2.05, 4.69) is 10.6 Å². The molecule has 0 N–H and O–H groups in total. The van der Waals surface area contributed by atoms with E-state index in [0.717, 1.165) is 41.0 Å². The first-order valence-corrected chi connectivity index (χ1v) is 13.3. The average Bonchev–Trinajstić information content (AvgIpc) is 3.69. The molecule has 1 aliphatic heterocycles. The summed E-state index contributed by atoms with van der Waals surface area (Å²) >= 11 is 0. The molecule has 2 amide bonds. The van der Waals surface area contributed by atoms with Crippen LogP contribution >= 0.6 is 0 Å². The first kappa shape index (κ1) is 25.3. The number of non-ortho nitro benzene ring substituents is 1. The number of amides is 2. The van der Waals surface area contributed by atoms with Gasteiger partial charge in [-0.05, 0) is 73.4 Å². The van der Waals surface area contributed by atoms with Crippen LogP contribution in [0.4, 0.5) is 11.4 Å². The van der Waals surface area contributed by atoms with Crippen molar-refractivity contribution in [2.45, 2.75) is 31.8 Å². The lowest BCUT2D eigenvalue weighted by Crippen LogP contribution is -2.47. The molecule has 200 valence electrons. The third-order valence-corrected chi connectivity index (χ3v) is 7.44. The number of benzene rings is 3. The molecule has 1 atom stereocenters. The van der Waals surface area contributed by atoms with Crippen LogP contribution in [0.2, 0.25) is 0 Å². The van der Waals surface area contributed by atoms with E-state index >= 15 is 0 Å². The van der Waals surface area contributed by atoms with Gasteiger partial charge in [0.05, 0.1) is 22.0 Å². The van der Waals surface area contributed by atoms with Crippen molar-refractivity contribution in [2.75, 3.05) is 11.4 Å². The van der Waals surface area contributed by atoms with Crippen molar-refractivity contribution in [3.8, 4) is 5.69 Å². The number of nitro benzene ring substituents is 1. The van der Waals surface area contributed by atoms with Crippen molar-refractivity contribution in [1.29, 1.82) is 0 Å². The van der Waals surface area contributed by atoms with Crippen LogP contribution in [-0.4, -0.2) is 38.8 Å². The molecule has 0 radical (unpaired) electrons. The highest BCUT2D eigenvalue weighted by molar-refractivity contribution is 6.02. The molecule has 0 saturated heterocycles. The Kier molecular flexibility index (Phi) is 6.51. The van der Waals surface area contributed by atoms with E-state index in [0.29, 0.717) is 5.56 Å². The Morgan fingerprint density at radius 2 is 1.73 bits per heavy atom. The number of anilines is 1. The van der Waals surface area contributed by atoms with Crippen molar-refractivity contribution in [2.24, 2.45) is 0 Å². The summed E-state index contributed by atoms with van der Waals surface area (Å²) < 4.78 is 2.13. The van der Waals surface area contributed by atoms with Crippen molar-refractivity contribution in [3.05, 3.63) is 130 Å². The maximum Gasteiger partial charge on any atom is 0.269 e. The second kappa shape index (κ2) is 10.3. The maximum atomic E-state index is 14.2. The van der Waals surface area contributed by atoms with Crippen LogP contribution in [0, 0.1) is 17.0 Å². The minimum atomic E-state index is -0.460. The highest BCUT2D eigenvalue weighted by Crippen LogP contribution is 2.42. The first-order chi connectivity index (χ1) is 19.4. The molecular formula is C32H28N4O4. The SMILES string of the molecule is Cc1cccc(C2c3cccn3-c3ccccc3N2C(=O)CN(C(=O)/C=C/c2ccc([N+](=O)[O-])cc2)C2CC2)c1. The highest BCUT2D eigenvalue weighted by atomic mass is 16.6. The minimum absolute atomic E-state index is 0.00944. The predicted molar refractivity (Wildman–Crippen MR) is 153 cm³/mol. The maximum absolute atomic E-state index is 14.2. The zero-order chi connectivity index (χ0) is 27.8. The summed E-state index contributed by atoms with van der Waals surface area (Å²) in [5.41, 5.74) is 5.48.